The maximum absolute atomic E-state index is 12.1. The Morgan fingerprint density at radius 2 is 2.04 bits per heavy atom. The molecule has 5 nitrogen and oxygen atoms in total. The number of unbranched alkanes of at least 4 members (excludes halogenated alkanes) is 3. The normalized spacial score (nSPS) is 25.3. The van der Waals surface area contributed by atoms with Crippen molar-refractivity contribution in [2.45, 2.75) is 76.9 Å². The number of aliphatic hydroxyl groups excluding tert-OH is 2. The molecule has 24 heavy (non-hydrogen) atoms. The van der Waals surface area contributed by atoms with Crippen molar-refractivity contribution in [1.82, 2.24) is 0 Å². The summed E-state index contributed by atoms with van der Waals surface area (Å²) >= 11 is 0. The maximum atomic E-state index is 12.1. The van der Waals surface area contributed by atoms with Crippen LogP contribution in [0.3, 0.4) is 0 Å². The van der Waals surface area contributed by atoms with Crippen LogP contribution in [0, 0.1) is 11.8 Å². The maximum Gasteiger partial charge on any atom is 0.305 e. The molecular weight excluding hydrogens is 308 g/mol. The van der Waals surface area contributed by atoms with Crippen LogP contribution >= 0.6 is 0 Å². The van der Waals surface area contributed by atoms with Crippen LogP contribution in [0.4, 0.5) is 0 Å². The van der Waals surface area contributed by atoms with Crippen molar-refractivity contribution in [2.75, 3.05) is 7.11 Å². The molecule has 1 saturated carbocycles. The molecule has 0 radical (unpaired) electrons. The van der Waals surface area contributed by atoms with Crippen LogP contribution in [-0.2, 0) is 14.3 Å². The Labute approximate surface area is 145 Å². The number of carbonyl (C=O) groups is 2. The summed E-state index contributed by atoms with van der Waals surface area (Å²) in [5.41, 5.74) is 0. The minimum absolute atomic E-state index is 0.122. The Hall–Kier alpha value is -1.20. The molecule has 138 valence electrons. The number of aliphatic hydroxyl groups is 2. The third-order valence-electron chi connectivity index (χ3n) is 4.75. The molecule has 2 N–H and O–H groups in total. The van der Waals surface area contributed by atoms with Gasteiger partial charge in [0.25, 0.3) is 0 Å². The van der Waals surface area contributed by atoms with Crippen LogP contribution in [-0.4, -0.2) is 41.3 Å². The fourth-order valence-corrected chi connectivity index (χ4v) is 3.33. The van der Waals surface area contributed by atoms with E-state index in [0.29, 0.717) is 12.8 Å². The van der Waals surface area contributed by atoms with Gasteiger partial charge < -0.3 is 14.9 Å². The summed E-state index contributed by atoms with van der Waals surface area (Å²) in [7, 11) is 1.39. The van der Waals surface area contributed by atoms with Gasteiger partial charge in [-0.2, -0.15) is 0 Å². The van der Waals surface area contributed by atoms with Gasteiger partial charge in [0.05, 0.1) is 19.3 Å². The number of carbonyl (C=O) groups excluding carboxylic acids is 2. The molecule has 0 aromatic heterocycles. The average molecular weight is 340 g/mol. The van der Waals surface area contributed by atoms with E-state index >= 15 is 0 Å². The van der Waals surface area contributed by atoms with Gasteiger partial charge in [0, 0.05) is 24.7 Å². The van der Waals surface area contributed by atoms with E-state index < -0.39 is 12.2 Å². The van der Waals surface area contributed by atoms with Gasteiger partial charge in [0.2, 0.25) is 0 Å². The van der Waals surface area contributed by atoms with Crippen molar-refractivity contribution in [2.24, 2.45) is 11.8 Å². The van der Waals surface area contributed by atoms with Gasteiger partial charge in [-0.25, -0.2) is 0 Å². The monoisotopic (exact) mass is 340 g/mol. The minimum Gasteiger partial charge on any atom is -0.469 e. The van der Waals surface area contributed by atoms with Crippen LogP contribution in [0.5, 0.6) is 0 Å². The molecule has 1 aliphatic rings. The average Bonchev–Trinajstić information content (AvgIpc) is 2.82. The molecule has 1 fully saturated rings. The fraction of sp³-hybridized carbons (Fsp3) is 0.789. The zero-order valence-corrected chi connectivity index (χ0v) is 14.9. The number of Topliss-reactive ketones (excluding diaryl/α,β-unsaturated/α-hetero) is 1. The van der Waals surface area contributed by atoms with Crippen molar-refractivity contribution in [3.05, 3.63) is 12.2 Å². The fourth-order valence-electron chi connectivity index (χ4n) is 3.33. The molecule has 1 aliphatic carbocycles. The zero-order chi connectivity index (χ0) is 17.9. The van der Waals surface area contributed by atoms with Crippen molar-refractivity contribution in [3.8, 4) is 0 Å². The lowest BCUT2D eigenvalue weighted by Crippen LogP contribution is -2.19. The highest BCUT2D eigenvalue weighted by atomic mass is 16.5. The minimum atomic E-state index is -0.632. The number of hydrogen-bond acceptors (Lipinski definition) is 5. The van der Waals surface area contributed by atoms with Gasteiger partial charge in [-0.1, -0.05) is 44.8 Å². The van der Waals surface area contributed by atoms with Gasteiger partial charge >= 0.3 is 5.97 Å². The summed E-state index contributed by atoms with van der Waals surface area (Å²) in [5, 5.41) is 19.9. The van der Waals surface area contributed by atoms with E-state index in [4.69, 9.17) is 0 Å². The Morgan fingerprint density at radius 1 is 1.33 bits per heavy atom. The highest BCUT2D eigenvalue weighted by molar-refractivity contribution is 5.84. The SMILES string of the molecule is CCCC(O)C=CC1C(O)CC(=O)C1CCCCCCC(=O)OC. The first-order chi connectivity index (χ1) is 11.5. The van der Waals surface area contributed by atoms with Crippen molar-refractivity contribution in [1.29, 1.82) is 0 Å². The zero-order valence-electron chi connectivity index (χ0n) is 14.9. The second kappa shape index (κ2) is 11.4. The molecule has 4 atom stereocenters. The van der Waals surface area contributed by atoms with Crippen LogP contribution in [0.1, 0.15) is 64.7 Å². The molecule has 0 spiro atoms. The van der Waals surface area contributed by atoms with Crippen molar-refractivity contribution >= 4 is 11.8 Å². The molecule has 0 aromatic carbocycles. The number of hydrogen-bond donors (Lipinski definition) is 2. The lowest BCUT2D eigenvalue weighted by Gasteiger charge is -2.18. The second-order valence-corrected chi connectivity index (χ2v) is 6.69. The Balaban J connectivity index is 2.37. The van der Waals surface area contributed by atoms with Crippen molar-refractivity contribution in [3.63, 3.8) is 0 Å². The molecule has 0 amide bonds. The van der Waals surface area contributed by atoms with Gasteiger partial charge in [0.1, 0.15) is 5.78 Å². The smallest absolute Gasteiger partial charge is 0.305 e. The van der Waals surface area contributed by atoms with E-state index in [9.17, 15) is 19.8 Å². The Bertz CT molecular complexity index is 418. The second-order valence-electron chi connectivity index (χ2n) is 6.69. The van der Waals surface area contributed by atoms with Gasteiger partial charge in [-0.3, -0.25) is 9.59 Å². The summed E-state index contributed by atoms with van der Waals surface area (Å²) in [6.45, 7) is 2.01. The summed E-state index contributed by atoms with van der Waals surface area (Å²) in [5.74, 6) is -0.388. The highest BCUT2D eigenvalue weighted by Crippen LogP contribution is 2.34. The Morgan fingerprint density at radius 3 is 2.71 bits per heavy atom. The standard InChI is InChI=1S/C19H32O5/c1-3-8-14(20)11-12-16-15(17(21)13-18(16)22)9-6-4-5-7-10-19(23)24-2/h11-12,14-16,18,20,22H,3-10,13H2,1-2H3. The summed E-state index contributed by atoms with van der Waals surface area (Å²) in [6, 6.07) is 0. The molecule has 0 bridgehead atoms. The van der Waals surface area contributed by atoms with Gasteiger partial charge in [-0.15, -0.1) is 0 Å². The predicted molar refractivity (Wildman–Crippen MR) is 92.4 cm³/mol. The molecular formula is C19H32O5. The van der Waals surface area contributed by atoms with Gasteiger partial charge in [-0.05, 0) is 19.3 Å². The number of ether oxygens (including phenoxy) is 1. The first-order valence-electron chi connectivity index (χ1n) is 9.13. The lowest BCUT2D eigenvalue weighted by molar-refractivity contribution is -0.140. The third kappa shape index (κ3) is 7.14. The molecule has 4 unspecified atom stereocenters. The summed E-state index contributed by atoms with van der Waals surface area (Å²) in [4.78, 5) is 23.1. The van der Waals surface area contributed by atoms with Crippen LogP contribution in [0.2, 0.25) is 0 Å². The first-order valence-corrected chi connectivity index (χ1v) is 9.13. The van der Waals surface area contributed by atoms with Crippen LogP contribution < -0.4 is 0 Å². The van der Waals surface area contributed by atoms with E-state index in [1.807, 2.05) is 13.0 Å². The predicted octanol–water partition coefficient (Wildman–Crippen LogP) is 2.78. The number of esters is 1. The number of methoxy groups -OCH3 is 1. The lowest BCUT2D eigenvalue weighted by atomic mass is 9.88. The van der Waals surface area contributed by atoms with Crippen LogP contribution in [0.25, 0.3) is 0 Å². The van der Waals surface area contributed by atoms with E-state index in [1.54, 1.807) is 6.08 Å². The van der Waals surface area contributed by atoms with E-state index in [0.717, 1.165) is 38.5 Å². The Kier molecular flexibility index (Phi) is 9.88. The molecule has 0 aromatic rings. The molecule has 0 saturated heterocycles. The van der Waals surface area contributed by atoms with Crippen molar-refractivity contribution < 1.29 is 24.5 Å². The molecule has 0 heterocycles. The first kappa shape index (κ1) is 20.8. The quantitative estimate of drug-likeness (QED) is 0.343. The van der Waals surface area contributed by atoms with E-state index in [2.05, 4.69) is 4.74 Å². The van der Waals surface area contributed by atoms with E-state index in [-0.39, 0.29) is 30.0 Å². The largest absolute Gasteiger partial charge is 0.469 e. The molecule has 0 aliphatic heterocycles. The molecule has 1 rings (SSSR count). The van der Waals surface area contributed by atoms with Gasteiger partial charge in [0.15, 0.2) is 0 Å². The summed E-state index contributed by atoms with van der Waals surface area (Å²) < 4.78 is 4.60. The van der Waals surface area contributed by atoms with E-state index in [1.165, 1.54) is 7.11 Å². The topological polar surface area (TPSA) is 83.8 Å². The molecule has 5 heteroatoms. The number of ketones is 1. The van der Waals surface area contributed by atoms with Crippen LogP contribution in [0.15, 0.2) is 12.2 Å². The highest BCUT2D eigenvalue weighted by Gasteiger charge is 2.39. The third-order valence-corrected chi connectivity index (χ3v) is 4.75. The number of rotatable bonds is 11. The summed E-state index contributed by atoms with van der Waals surface area (Å²) in [6.07, 6.45) is 9.04.